The van der Waals surface area contributed by atoms with E-state index in [0.29, 0.717) is 5.56 Å². The van der Waals surface area contributed by atoms with Gasteiger partial charge >= 0.3 is 5.97 Å². The van der Waals surface area contributed by atoms with Gasteiger partial charge in [-0.2, -0.15) is 0 Å². The Bertz CT molecular complexity index is 680. The van der Waals surface area contributed by atoms with E-state index in [1.165, 1.54) is 31.4 Å². The number of nitrogens with two attached hydrogens (primary N) is 1. The number of hydrogen-bond acceptors (Lipinski definition) is 6. The number of carbonyl (C=O) groups excluding carboxylic acids is 1. The van der Waals surface area contributed by atoms with Crippen molar-refractivity contribution in [1.29, 1.82) is 0 Å². The van der Waals surface area contributed by atoms with Crippen LogP contribution in [-0.4, -0.2) is 36.3 Å². The van der Waals surface area contributed by atoms with Gasteiger partial charge in [0.2, 0.25) is 0 Å². The Morgan fingerprint density at radius 1 is 1.27 bits per heavy atom. The van der Waals surface area contributed by atoms with E-state index in [9.17, 15) is 9.18 Å². The second-order valence-electron chi connectivity index (χ2n) is 4.23. The third-order valence-electron chi connectivity index (χ3n) is 2.71. The van der Waals surface area contributed by atoms with Gasteiger partial charge < -0.3 is 15.2 Å². The molecule has 0 amide bonds. The molecule has 1 aromatic carbocycles. The normalized spacial score (nSPS) is 10.5. The fourth-order valence-corrected chi connectivity index (χ4v) is 1.89. The molecule has 0 fully saturated rings. The van der Waals surface area contributed by atoms with E-state index >= 15 is 0 Å². The number of nitrogen functional groups attached to an aromatic ring is 1. The summed E-state index contributed by atoms with van der Waals surface area (Å²) in [5, 5.41) is -0.0282. The van der Waals surface area contributed by atoms with Crippen molar-refractivity contribution in [1.82, 2.24) is 9.97 Å². The fraction of sp³-hybridized carbons (Fsp3) is 0.214. The molecular formula is C14H13ClFN3O3. The van der Waals surface area contributed by atoms with Gasteiger partial charge in [-0.25, -0.2) is 19.2 Å². The lowest BCUT2D eigenvalue weighted by Crippen LogP contribution is -2.15. The molecule has 0 saturated carbocycles. The van der Waals surface area contributed by atoms with E-state index in [4.69, 9.17) is 26.8 Å². The van der Waals surface area contributed by atoms with Gasteiger partial charge in [-0.15, -0.1) is 0 Å². The number of hydrogen-bond donors (Lipinski definition) is 1. The number of methoxy groups -OCH3 is 1. The Morgan fingerprint density at radius 3 is 2.59 bits per heavy atom. The molecule has 1 aromatic heterocycles. The molecule has 2 rings (SSSR count). The number of carbonyl (C=O) groups is 1. The molecule has 116 valence electrons. The Hall–Kier alpha value is -2.25. The minimum atomic E-state index is -0.741. The van der Waals surface area contributed by atoms with E-state index in [2.05, 4.69) is 9.97 Å². The SMILES string of the molecule is COCCOC(=O)c1nc(Cl)c(-c2ccc(F)cc2)nc1N. The van der Waals surface area contributed by atoms with Crippen LogP contribution in [0.4, 0.5) is 10.2 Å². The number of aromatic nitrogens is 2. The van der Waals surface area contributed by atoms with Gasteiger partial charge in [0.25, 0.3) is 0 Å². The predicted molar refractivity (Wildman–Crippen MR) is 79.0 cm³/mol. The van der Waals surface area contributed by atoms with E-state index in [-0.39, 0.29) is 41.4 Å². The first-order valence-electron chi connectivity index (χ1n) is 6.28. The van der Waals surface area contributed by atoms with Crippen LogP contribution in [-0.2, 0) is 9.47 Å². The first-order chi connectivity index (χ1) is 10.5. The maximum Gasteiger partial charge on any atom is 0.360 e. The average molecular weight is 326 g/mol. The van der Waals surface area contributed by atoms with Crippen LogP contribution in [0.1, 0.15) is 10.5 Å². The number of rotatable bonds is 5. The number of esters is 1. The van der Waals surface area contributed by atoms with Crippen molar-refractivity contribution in [2.45, 2.75) is 0 Å². The first kappa shape index (κ1) is 16.1. The summed E-state index contributed by atoms with van der Waals surface area (Å²) in [6, 6.07) is 5.50. The molecule has 0 unspecified atom stereocenters. The number of anilines is 1. The van der Waals surface area contributed by atoms with Crippen LogP contribution < -0.4 is 5.73 Å². The molecule has 0 aliphatic rings. The summed E-state index contributed by atoms with van der Waals surface area (Å²) >= 11 is 6.03. The van der Waals surface area contributed by atoms with Crippen molar-refractivity contribution in [3.05, 3.63) is 40.9 Å². The second kappa shape index (κ2) is 7.15. The zero-order valence-corrected chi connectivity index (χ0v) is 12.4. The molecule has 2 N–H and O–H groups in total. The number of halogens is 2. The van der Waals surface area contributed by atoms with Crippen LogP contribution in [0.5, 0.6) is 0 Å². The molecule has 8 heteroatoms. The molecule has 0 radical (unpaired) electrons. The van der Waals surface area contributed by atoms with Gasteiger partial charge in [0.15, 0.2) is 16.7 Å². The lowest BCUT2D eigenvalue weighted by Gasteiger charge is -2.09. The van der Waals surface area contributed by atoms with Crippen molar-refractivity contribution in [2.24, 2.45) is 0 Å². The van der Waals surface area contributed by atoms with E-state index in [1.54, 1.807) is 0 Å². The molecule has 0 atom stereocenters. The average Bonchev–Trinajstić information content (AvgIpc) is 2.50. The van der Waals surface area contributed by atoms with Crippen LogP contribution in [0.3, 0.4) is 0 Å². The van der Waals surface area contributed by atoms with Crippen LogP contribution >= 0.6 is 11.6 Å². The highest BCUT2D eigenvalue weighted by molar-refractivity contribution is 6.32. The number of ether oxygens (including phenoxy) is 2. The molecule has 22 heavy (non-hydrogen) atoms. The van der Waals surface area contributed by atoms with Crippen molar-refractivity contribution >= 4 is 23.4 Å². The Balaban J connectivity index is 2.28. The smallest absolute Gasteiger partial charge is 0.360 e. The molecule has 2 aromatic rings. The number of nitrogens with zero attached hydrogens (tertiary/aromatic N) is 2. The van der Waals surface area contributed by atoms with Gasteiger partial charge in [-0.1, -0.05) is 11.6 Å². The number of benzene rings is 1. The lowest BCUT2D eigenvalue weighted by molar-refractivity contribution is 0.0382. The quantitative estimate of drug-likeness (QED) is 0.670. The van der Waals surface area contributed by atoms with Crippen LogP contribution in [0.2, 0.25) is 5.15 Å². The first-order valence-corrected chi connectivity index (χ1v) is 6.65. The zero-order chi connectivity index (χ0) is 16.1. The summed E-state index contributed by atoms with van der Waals surface area (Å²) in [5.74, 6) is -1.25. The maximum atomic E-state index is 12.9. The predicted octanol–water partition coefficient (Wildman–Crippen LogP) is 2.32. The summed E-state index contributed by atoms with van der Waals surface area (Å²) in [6.45, 7) is 0.314. The van der Waals surface area contributed by atoms with Crippen molar-refractivity contribution in [3.63, 3.8) is 0 Å². The van der Waals surface area contributed by atoms with Crippen LogP contribution in [0.25, 0.3) is 11.3 Å². The van der Waals surface area contributed by atoms with Gasteiger partial charge in [0, 0.05) is 12.7 Å². The molecule has 0 bridgehead atoms. The summed E-state index contributed by atoms with van der Waals surface area (Å²) < 4.78 is 22.6. The fourth-order valence-electron chi connectivity index (χ4n) is 1.66. The topological polar surface area (TPSA) is 87.3 Å². The van der Waals surface area contributed by atoms with E-state index in [1.807, 2.05) is 0 Å². The molecule has 6 nitrogen and oxygen atoms in total. The molecule has 0 saturated heterocycles. The second-order valence-corrected chi connectivity index (χ2v) is 4.59. The Labute approximate surface area is 131 Å². The maximum absolute atomic E-state index is 12.9. The highest BCUT2D eigenvalue weighted by Crippen LogP contribution is 2.26. The summed E-state index contributed by atoms with van der Waals surface area (Å²) in [4.78, 5) is 19.8. The largest absolute Gasteiger partial charge is 0.458 e. The van der Waals surface area contributed by atoms with Gasteiger partial charge in [0.05, 0.1) is 6.61 Å². The highest BCUT2D eigenvalue weighted by Gasteiger charge is 2.19. The third-order valence-corrected chi connectivity index (χ3v) is 2.98. The highest BCUT2D eigenvalue weighted by atomic mass is 35.5. The molecule has 0 aliphatic heterocycles. The minimum Gasteiger partial charge on any atom is -0.458 e. The Kier molecular flexibility index (Phi) is 5.24. The third kappa shape index (κ3) is 3.69. The van der Waals surface area contributed by atoms with E-state index in [0.717, 1.165) is 0 Å². The van der Waals surface area contributed by atoms with Crippen molar-refractivity contribution in [3.8, 4) is 11.3 Å². The van der Waals surface area contributed by atoms with Crippen molar-refractivity contribution < 1.29 is 18.7 Å². The Morgan fingerprint density at radius 2 is 1.95 bits per heavy atom. The molecule has 0 aliphatic carbocycles. The zero-order valence-electron chi connectivity index (χ0n) is 11.7. The van der Waals surface area contributed by atoms with E-state index < -0.39 is 5.97 Å². The monoisotopic (exact) mass is 325 g/mol. The van der Waals surface area contributed by atoms with Gasteiger partial charge in [-0.05, 0) is 24.3 Å². The lowest BCUT2D eigenvalue weighted by atomic mass is 10.1. The summed E-state index contributed by atoms with van der Waals surface area (Å²) in [5.41, 5.74) is 6.34. The molecule has 0 spiro atoms. The molecule has 1 heterocycles. The van der Waals surface area contributed by atoms with Crippen LogP contribution in [0, 0.1) is 5.82 Å². The minimum absolute atomic E-state index is 0.0282. The van der Waals surface area contributed by atoms with Crippen molar-refractivity contribution in [2.75, 3.05) is 26.1 Å². The van der Waals surface area contributed by atoms with Gasteiger partial charge in [0.1, 0.15) is 18.1 Å². The van der Waals surface area contributed by atoms with Gasteiger partial charge in [-0.3, -0.25) is 0 Å². The summed E-state index contributed by atoms with van der Waals surface area (Å²) in [7, 11) is 1.48. The van der Waals surface area contributed by atoms with Crippen LogP contribution in [0.15, 0.2) is 24.3 Å². The summed E-state index contributed by atoms with van der Waals surface area (Å²) in [6.07, 6.45) is 0. The standard InChI is InChI=1S/C14H13ClFN3O3/c1-21-6-7-22-14(20)11-13(17)19-10(12(15)18-11)8-2-4-9(16)5-3-8/h2-5H,6-7H2,1H3,(H2,17,19). The molecular weight excluding hydrogens is 313 g/mol.